The monoisotopic (exact) mass is 340 g/mol. The number of hydrogen-bond acceptors (Lipinski definition) is 1. The van der Waals surface area contributed by atoms with Crippen LogP contribution in [0.15, 0.2) is 48.5 Å². The van der Waals surface area contributed by atoms with Gasteiger partial charge < -0.3 is 5.11 Å². The maximum absolute atomic E-state index is 8.63. The smallest absolute Gasteiger partial charge is 0.115 e. The van der Waals surface area contributed by atoms with E-state index in [4.69, 9.17) is 5.11 Å². The number of unbranched alkanes of at least 4 members (excludes halogenated alkanes) is 3. The number of benzene rings is 2. The highest BCUT2D eigenvalue weighted by molar-refractivity contribution is 5.36. The molecule has 0 aliphatic heterocycles. The van der Waals surface area contributed by atoms with Gasteiger partial charge in [0.15, 0.2) is 0 Å². The van der Waals surface area contributed by atoms with Crippen molar-refractivity contribution in [2.45, 2.75) is 78.6 Å². The molecule has 0 saturated heterocycles. The SMILES string of the molecule is CCCCc1cccc(CCCC)c1CCCC.Oc1ccccc1. The Morgan fingerprint density at radius 1 is 0.600 bits per heavy atom. The van der Waals surface area contributed by atoms with Gasteiger partial charge in [0.1, 0.15) is 5.75 Å². The molecule has 25 heavy (non-hydrogen) atoms. The van der Waals surface area contributed by atoms with Crippen LogP contribution in [0.1, 0.15) is 76.0 Å². The quantitative estimate of drug-likeness (QED) is 0.516. The third-order valence-electron chi connectivity index (χ3n) is 4.51. The minimum absolute atomic E-state index is 0.322. The Morgan fingerprint density at radius 3 is 1.48 bits per heavy atom. The average Bonchev–Trinajstić information content (AvgIpc) is 2.64. The van der Waals surface area contributed by atoms with Crippen LogP contribution >= 0.6 is 0 Å². The molecule has 0 spiro atoms. The van der Waals surface area contributed by atoms with Crippen molar-refractivity contribution in [3.63, 3.8) is 0 Å². The van der Waals surface area contributed by atoms with E-state index in [0.29, 0.717) is 5.75 Å². The van der Waals surface area contributed by atoms with Gasteiger partial charge in [0.05, 0.1) is 0 Å². The molecule has 0 fully saturated rings. The Kier molecular flexibility index (Phi) is 11.5. The van der Waals surface area contributed by atoms with Crippen LogP contribution in [0, 0.1) is 0 Å². The number of phenols is 1. The summed E-state index contributed by atoms with van der Waals surface area (Å²) < 4.78 is 0. The number of hydrogen-bond donors (Lipinski definition) is 1. The largest absolute Gasteiger partial charge is 0.508 e. The van der Waals surface area contributed by atoms with Crippen molar-refractivity contribution in [1.82, 2.24) is 0 Å². The van der Waals surface area contributed by atoms with Crippen LogP contribution in [0.2, 0.25) is 0 Å². The fourth-order valence-electron chi connectivity index (χ4n) is 2.99. The van der Waals surface area contributed by atoms with Crippen molar-refractivity contribution in [3.8, 4) is 5.75 Å². The summed E-state index contributed by atoms with van der Waals surface area (Å²) in [5.74, 6) is 0.322. The molecule has 0 atom stereocenters. The summed E-state index contributed by atoms with van der Waals surface area (Å²) in [6.45, 7) is 6.86. The lowest BCUT2D eigenvalue weighted by Crippen LogP contribution is -2.01. The van der Waals surface area contributed by atoms with Crippen LogP contribution in [-0.2, 0) is 19.3 Å². The van der Waals surface area contributed by atoms with E-state index in [1.165, 1.54) is 57.8 Å². The third-order valence-corrected chi connectivity index (χ3v) is 4.51. The van der Waals surface area contributed by atoms with Gasteiger partial charge in [-0.1, -0.05) is 76.4 Å². The Labute approximate surface area is 155 Å². The van der Waals surface area contributed by atoms with E-state index in [1.807, 2.05) is 6.07 Å². The lowest BCUT2D eigenvalue weighted by Gasteiger charge is -2.14. The number of phenolic OH excluding ortho intramolecular Hbond substituents is 1. The van der Waals surface area contributed by atoms with Crippen LogP contribution in [0.3, 0.4) is 0 Å². The molecule has 0 aliphatic rings. The predicted octanol–water partition coefficient (Wildman–Crippen LogP) is 7.11. The molecule has 0 amide bonds. The number of rotatable bonds is 9. The van der Waals surface area contributed by atoms with E-state index in [9.17, 15) is 0 Å². The van der Waals surface area contributed by atoms with Gasteiger partial charge in [0.25, 0.3) is 0 Å². The molecule has 0 aliphatic carbocycles. The van der Waals surface area contributed by atoms with Gasteiger partial charge in [-0.15, -0.1) is 0 Å². The Bertz CT molecular complexity index is 533. The molecule has 2 rings (SSSR count). The molecule has 0 aromatic heterocycles. The molecule has 0 heterocycles. The van der Waals surface area contributed by atoms with E-state index in [1.54, 1.807) is 41.0 Å². The zero-order valence-corrected chi connectivity index (χ0v) is 16.4. The first-order chi connectivity index (χ1) is 12.2. The number of aryl methyl sites for hydroxylation is 2. The van der Waals surface area contributed by atoms with Gasteiger partial charge in [0, 0.05) is 0 Å². The lowest BCUT2D eigenvalue weighted by molar-refractivity contribution is 0.475. The summed E-state index contributed by atoms with van der Waals surface area (Å²) in [5.41, 5.74) is 4.93. The second-order valence-corrected chi connectivity index (χ2v) is 6.70. The molecule has 0 unspecified atom stereocenters. The van der Waals surface area contributed by atoms with Crippen molar-refractivity contribution in [2.75, 3.05) is 0 Å². The molecule has 1 N–H and O–H groups in total. The standard InChI is InChI=1S/C18H30.C6H6O/c1-4-7-11-16-13-10-14-17(12-8-5-2)18(16)15-9-6-3;7-6-4-2-1-3-5-6/h10,13-14H,4-9,11-12,15H2,1-3H3;1-5,7H. The molecule has 1 heteroatoms. The minimum atomic E-state index is 0.322. The van der Waals surface area contributed by atoms with Gasteiger partial charge in [-0.25, -0.2) is 0 Å². The maximum atomic E-state index is 8.63. The number of aromatic hydroxyl groups is 1. The molecule has 1 nitrogen and oxygen atoms in total. The first kappa shape index (κ1) is 21.3. The first-order valence-corrected chi connectivity index (χ1v) is 10.1. The van der Waals surface area contributed by atoms with Crippen LogP contribution in [-0.4, -0.2) is 5.11 Å². The van der Waals surface area contributed by atoms with Crippen molar-refractivity contribution >= 4 is 0 Å². The Balaban J connectivity index is 0.000000370. The Morgan fingerprint density at radius 2 is 1.08 bits per heavy atom. The molecule has 0 radical (unpaired) electrons. The second kappa shape index (κ2) is 13.5. The summed E-state index contributed by atoms with van der Waals surface area (Å²) in [5, 5.41) is 8.63. The van der Waals surface area contributed by atoms with Crippen LogP contribution in [0.4, 0.5) is 0 Å². The first-order valence-electron chi connectivity index (χ1n) is 10.1. The van der Waals surface area contributed by atoms with Crippen molar-refractivity contribution in [2.24, 2.45) is 0 Å². The van der Waals surface area contributed by atoms with Crippen molar-refractivity contribution in [1.29, 1.82) is 0 Å². The molecule has 0 bridgehead atoms. The summed E-state index contributed by atoms with van der Waals surface area (Å²) in [7, 11) is 0. The second-order valence-electron chi connectivity index (χ2n) is 6.70. The van der Waals surface area contributed by atoms with Gasteiger partial charge in [-0.05, 0) is 67.3 Å². The van der Waals surface area contributed by atoms with Gasteiger partial charge >= 0.3 is 0 Å². The van der Waals surface area contributed by atoms with E-state index >= 15 is 0 Å². The zero-order chi connectivity index (χ0) is 18.3. The highest BCUT2D eigenvalue weighted by Gasteiger charge is 2.07. The lowest BCUT2D eigenvalue weighted by atomic mass is 9.91. The molecular weight excluding hydrogens is 304 g/mol. The number of para-hydroxylation sites is 1. The van der Waals surface area contributed by atoms with E-state index in [2.05, 4.69) is 39.0 Å². The molecule has 2 aromatic rings. The predicted molar refractivity (Wildman–Crippen MR) is 110 cm³/mol. The van der Waals surface area contributed by atoms with E-state index in [-0.39, 0.29) is 0 Å². The van der Waals surface area contributed by atoms with Crippen molar-refractivity contribution in [3.05, 3.63) is 65.2 Å². The van der Waals surface area contributed by atoms with Gasteiger partial charge in [-0.3, -0.25) is 0 Å². The van der Waals surface area contributed by atoms with Crippen molar-refractivity contribution < 1.29 is 5.11 Å². The fourth-order valence-corrected chi connectivity index (χ4v) is 2.99. The van der Waals surface area contributed by atoms with E-state index in [0.717, 1.165) is 0 Å². The molecular formula is C24H36O. The van der Waals surface area contributed by atoms with E-state index < -0.39 is 0 Å². The summed E-state index contributed by atoms with van der Waals surface area (Å²) >= 11 is 0. The van der Waals surface area contributed by atoms with Gasteiger partial charge in [0.2, 0.25) is 0 Å². The highest BCUT2D eigenvalue weighted by Crippen LogP contribution is 2.21. The summed E-state index contributed by atoms with van der Waals surface area (Å²) in [6.07, 6.45) is 11.7. The average molecular weight is 341 g/mol. The fraction of sp³-hybridized carbons (Fsp3) is 0.500. The van der Waals surface area contributed by atoms with Gasteiger partial charge in [-0.2, -0.15) is 0 Å². The third kappa shape index (κ3) is 8.77. The summed E-state index contributed by atoms with van der Waals surface area (Å²) in [4.78, 5) is 0. The normalized spacial score (nSPS) is 10.2. The zero-order valence-electron chi connectivity index (χ0n) is 16.4. The van der Waals surface area contributed by atoms with Crippen LogP contribution in [0.5, 0.6) is 5.75 Å². The molecule has 0 saturated carbocycles. The molecule has 138 valence electrons. The minimum Gasteiger partial charge on any atom is -0.508 e. The van der Waals surface area contributed by atoms with Crippen LogP contribution < -0.4 is 0 Å². The van der Waals surface area contributed by atoms with Crippen LogP contribution in [0.25, 0.3) is 0 Å². The Hall–Kier alpha value is -1.76. The summed E-state index contributed by atoms with van der Waals surface area (Å²) in [6, 6.07) is 15.7. The molecule has 2 aromatic carbocycles. The maximum Gasteiger partial charge on any atom is 0.115 e. The highest BCUT2D eigenvalue weighted by atomic mass is 16.3. The topological polar surface area (TPSA) is 20.2 Å².